The first-order chi connectivity index (χ1) is 22.3. The van der Waals surface area contributed by atoms with E-state index in [1.54, 1.807) is 0 Å². The van der Waals surface area contributed by atoms with Crippen molar-refractivity contribution in [3.8, 4) is 22.5 Å². The molecule has 0 saturated heterocycles. The third-order valence-electron chi connectivity index (χ3n) is 9.32. The third kappa shape index (κ3) is 3.46. The number of hydrogen-bond donors (Lipinski definition) is 0. The zero-order valence-corrected chi connectivity index (χ0v) is 24.3. The molecule has 0 spiro atoms. The predicted molar refractivity (Wildman–Crippen MR) is 188 cm³/mol. The van der Waals surface area contributed by atoms with Gasteiger partial charge in [0, 0.05) is 38.0 Å². The van der Waals surface area contributed by atoms with Gasteiger partial charge in [0.05, 0.1) is 27.8 Å². The van der Waals surface area contributed by atoms with E-state index in [-0.39, 0.29) is 0 Å². The Morgan fingerprint density at radius 2 is 0.889 bits per heavy atom. The fourth-order valence-electron chi connectivity index (χ4n) is 7.33. The average molecular weight is 575 g/mol. The van der Waals surface area contributed by atoms with Crippen LogP contribution in [0.5, 0.6) is 0 Å². The Morgan fingerprint density at radius 3 is 1.60 bits per heavy atom. The van der Waals surface area contributed by atoms with E-state index >= 15 is 0 Å². The van der Waals surface area contributed by atoms with Crippen LogP contribution in [-0.2, 0) is 0 Å². The molecule has 3 heterocycles. The van der Waals surface area contributed by atoms with Crippen molar-refractivity contribution in [1.29, 1.82) is 0 Å². The molecule has 45 heavy (non-hydrogen) atoms. The van der Waals surface area contributed by atoms with Gasteiger partial charge in [0.2, 0.25) is 0 Å². The molecule has 3 heteroatoms. The highest BCUT2D eigenvalue weighted by atomic mass is 16.3. The molecule has 3 nitrogen and oxygen atoms in total. The molecular weight excluding hydrogens is 548 g/mol. The van der Waals surface area contributed by atoms with Crippen molar-refractivity contribution in [2.24, 2.45) is 0 Å². The van der Waals surface area contributed by atoms with Gasteiger partial charge in [-0.1, -0.05) is 97.1 Å². The molecule has 0 saturated carbocycles. The maximum atomic E-state index is 6.65. The average Bonchev–Trinajstić information content (AvgIpc) is 3.76. The summed E-state index contributed by atoms with van der Waals surface area (Å²) < 4.78 is 11.4. The van der Waals surface area contributed by atoms with E-state index in [1.807, 2.05) is 0 Å². The number of rotatable bonds is 3. The van der Waals surface area contributed by atoms with Crippen LogP contribution in [0.3, 0.4) is 0 Å². The van der Waals surface area contributed by atoms with E-state index in [0.29, 0.717) is 0 Å². The molecule has 0 aliphatic carbocycles. The van der Waals surface area contributed by atoms with Gasteiger partial charge >= 0.3 is 0 Å². The van der Waals surface area contributed by atoms with Crippen LogP contribution in [-0.4, -0.2) is 9.13 Å². The predicted octanol–water partition coefficient (Wildman–Crippen LogP) is 11.4. The van der Waals surface area contributed by atoms with Crippen LogP contribution in [0.15, 0.2) is 162 Å². The van der Waals surface area contributed by atoms with Crippen LogP contribution < -0.4 is 0 Å². The van der Waals surface area contributed by atoms with Crippen LogP contribution in [0.1, 0.15) is 0 Å². The topological polar surface area (TPSA) is 23.0 Å². The van der Waals surface area contributed by atoms with Gasteiger partial charge in [-0.25, -0.2) is 0 Å². The molecule has 0 bridgehead atoms. The van der Waals surface area contributed by atoms with Gasteiger partial charge in [-0.15, -0.1) is 0 Å². The van der Waals surface area contributed by atoms with E-state index in [0.717, 1.165) is 27.6 Å². The van der Waals surface area contributed by atoms with Crippen molar-refractivity contribution in [3.05, 3.63) is 158 Å². The zero-order chi connectivity index (χ0) is 29.5. The molecule has 10 rings (SSSR count). The van der Waals surface area contributed by atoms with Gasteiger partial charge in [0.1, 0.15) is 5.58 Å². The lowest BCUT2D eigenvalue weighted by molar-refractivity contribution is 0.666. The second-order valence-corrected chi connectivity index (χ2v) is 11.8. The van der Waals surface area contributed by atoms with E-state index in [1.165, 1.54) is 60.4 Å². The summed E-state index contributed by atoms with van der Waals surface area (Å²) in [7, 11) is 0. The molecule has 0 aliphatic rings. The number of benzene rings is 7. The molecule has 0 radical (unpaired) electrons. The molecular formula is C42H26N2O. The quantitative estimate of drug-likeness (QED) is 0.206. The Balaban J connectivity index is 1.18. The van der Waals surface area contributed by atoms with Crippen molar-refractivity contribution in [2.45, 2.75) is 0 Å². The van der Waals surface area contributed by atoms with Crippen molar-refractivity contribution < 1.29 is 4.42 Å². The van der Waals surface area contributed by atoms with Gasteiger partial charge in [-0.3, -0.25) is 0 Å². The molecule has 0 aliphatic heterocycles. The van der Waals surface area contributed by atoms with Crippen LogP contribution in [0.25, 0.3) is 88.1 Å². The molecule has 0 fully saturated rings. The second kappa shape index (κ2) is 9.22. The van der Waals surface area contributed by atoms with Crippen LogP contribution in [0.4, 0.5) is 0 Å². The van der Waals surface area contributed by atoms with Gasteiger partial charge < -0.3 is 13.6 Å². The third-order valence-corrected chi connectivity index (χ3v) is 9.32. The van der Waals surface area contributed by atoms with Crippen LogP contribution in [0.2, 0.25) is 0 Å². The first-order valence-electron chi connectivity index (χ1n) is 15.4. The normalized spacial score (nSPS) is 12.0. The maximum absolute atomic E-state index is 6.65. The highest BCUT2D eigenvalue weighted by Gasteiger charge is 2.18. The number of fused-ring (bicyclic) bond motifs is 9. The van der Waals surface area contributed by atoms with Gasteiger partial charge in [-0.2, -0.15) is 0 Å². The number of furan rings is 1. The Morgan fingerprint density at radius 1 is 0.356 bits per heavy atom. The zero-order valence-electron chi connectivity index (χ0n) is 24.3. The SMILES string of the molecule is c1ccc(-n2c3ccccc3c3cc(-c4ccc5oc6c(-n7c8ccccc8c8ccccc87)cccc6c5c4)ccc32)cc1. The van der Waals surface area contributed by atoms with Crippen molar-refractivity contribution >= 4 is 65.6 Å². The minimum Gasteiger partial charge on any atom is -0.454 e. The fourth-order valence-corrected chi connectivity index (χ4v) is 7.33. The van der Waals surface area contributed by atoms with E-state index < -0.39 is 0 Å². The molecule has 10 aromatic rings. The summed E-state index contributed by atoms with van der Waals surface area (Å²) >= 11 is 0. The van der Waals surface area contributed by atoms with Gasteiger partial charge in [-0.05, 0) is 71.8 Å². The van der Waals surface area contributed by atoms with Crippen molar-refractivity contribution in [2.75, 3.05) is 0 Å². The molecule has 7 aromatic carbocycles. The Bertz CT molecular complexity index is 2710. The lowest BCUT2D eigenvalue weighted by atomic mass is 10.0. The summed E-state index contributed by atoms with van der Waals surface area (Å²) in [4.78, 5) is 0. The van der Waals surface area contributed by atoms with Crippen LogP contribution >= 0.6 is 0 Å². The number of nitrogens with zero attached hydrogens (tertiary/aromatic N) is 2. The van der Waals surface area contributed by atoms with Crippen LogP contribution in [0, 0.1) is 0 Å². The molecule has 0 unspecified atom stereocenters. The van der Waals surface area contributed by atoms with E-state index in [4.69, 9.17) is 4.42 Å². The summed E-state index contributed by atoms with van der Waals surface area (Å²) in [6.45, 7) is 0. The van der Waals surface area contributed by atoms with Crippen molar-refractivity contribution in [1.82, 2.24) is 9.13 Å². The standard InChI is InChI=1S/C42H26N2O/c1-2-11-29(12-3-1)43-36-17-7-6-15-32(36)34-25-27(21-23-39(34)43)28-22-24-41-35(26-28)33-16-10-20-40(42(33)45-41)44-37-18-8-4-13-30(37)31-14-5-9-19-38(31)44/h1-26H. The van der Waals surface area contributed by atoms with Crippen molar-refractivity contribution in [3.63, 3.8) is 0 Å². The first-order valence-corrected chi connectivity index (χ1v) is 15.4. The van der Waals surface area contributed by atoms with Gasteiger partial charge in [0.25, 0.3) is 0 Å². The smallest absolute Gasteiger partial charge is 0.159 e. The Kier molecular flexibility index (Phi) is 5.00. The summed E-state index contributed by atoms with van der Waals surface area (Å²) in [5.74, 6) is 0. The monoisotopic (exact) mass is 574 g/mol. The second-order valence-electron chi connectivity index (χ2n) is 11.8. The number of aromatic nitrogens is 2. The minimum atomic E-state index is 0.892. The highest BCUT2D eigenvalue weighted by molar-refractivity contribution is 6.14. The summed E-state index contributed by atoms with van der Waals surface area (Å²) in [6.07, 6.45) is 0. The maximum Gasteiger partial charge on any atom is 0.159 e. The summed E-state index contributed by atoms with van der Waals surface area (Å²) in [6, 6.07) is 56.4. The van der Waals surface area contributed by atoms with E-state index in [9.17, 15) is 0 Å². The number of hydrogen-bond acceptors (Lipinski definition) is 1. The molecule has 3 aromatic heterocycles. The molecule has 0 amide bonds. The highest BCUT2D eigenvalue weighted by Crippen LogP contribution is 2.40. The Hall–Kier alpha value is -6.06. The summed E-state index contributed by atoms with van der Waals surface area (Å²) in [5.41, 5.74) is 11.1. The molecule has 210 valence electrons. The lowest BCUT2D eigenvalue weighted by Gasteiger charge is -2.08. The first kappa shape index (κ1) is 24.4. The lowest BCUT2D eigenvalue weighted by Crippen LogP contribution is -1.93. The Labute approximate surface area is 258 Å². The number of para-hydroxylation sites is 5. The van der Waals surface area contributed by atoms with E-state index in [2.05, 4.69) is 167 Å². The summed E-state index contributed by atoms with van der Waals surface area (Å²) in [5, 5.41) is 7.23. The fraction of sp³-hybridized carbons (Fsp3) is 0. The molecule has 0 atom stereocenters. The largest absolute Gasteiger partial charge is 0.454 e. The molecule has 0 N–H and O–H groups in total. The van der Waals surface area contributed by atoms with Gasteiger partial charge in [0.15, 0.2) is 5.58 Å². The minimum absolute atomic E-state index is 0.892.